The average molecular weight is 426 g/mol. The molecule has 2 rings (SSSR count). The second kappa shape index (κ2) is 12.7. The number of nitrogens with two attached hydrogens (primary N) is 1. The van der Waals surface area contributed by atoms with Crippen LogP contribution in [0.3, 0.4) is 0 Å². The molecular formula is C22H36ClN3O3. The van der Waals surface area contributed by atoms with Crippen molar-refractivity contribution in [3.8, 4) is 5.75 Å². The van der Waals surface area contributed by atoms with Crippen LogP contribution >= 0.6 is 12.4 Å². The SMILES string of the molecule is CCOc1ccc(CCC2CCN(C(=O)CNC(=O)[C@@H](N)C(C)C)CC2)cc1.Cl. The van der Waals surface area contributed by atoms with Gasteiger partial charge in [0.1, 0.15) is 5.75 Å². The summed E-state index contributed by atoms with van der Waals surface area (Å²) < 4.78 is 5.48. The molecule has 1 aromatic carbocycles. The molecular weight excluding hydrogens is 390 g/mol. The zero-order valence-electron chi connectivity index (χ0n) is 17.9. The molecule has 1 atom stereocenters. The molecule has 1 aromatic rings. The maximum atomic E-state index is 12.3. The number of carbonyl (C=O) groups is 2. The van der Waals surface area contributed by atoms with Crippen LogP contribution in [0.15, 0.2) is 24.3 Å². The number of ether oxygens (including phenoxy) is 1. The minimum Gasteiger partial charge on any atom is -0.494 e. The number of amides is 2. The summed E-state index contributed by atoms with van der Waals surface area (Å²) in [4.78, 5) is 26.1. The van der Waals surface area contributed by atoms with Crippen LogP contribution < -0.4 is 15.8 Å². The van der Waals surface area contributed by atoms with Crippen LogP contribution in [0.1, 0.15) is 45.6 Å². The van der Waals surface area contributed by atoms with Crippen molar-refractivity contribution in [3.05, 3.63) is 29.8 Å². The van der Waals surface area contributed by atoms with Crippen LogP contribution in [-0.4, -0.2) is 49.0 Å². The van der Waals surface area contributed by atoms with E-state index in [4.69, 9.17) is 10.5 Å². The number of benzene rings is 1. The van der Waals surface area contributed by atoms with E-state index in [1.807, 2.05) is 37.8 Å². The van der Waals surface area contributed by atoms with E-state index in [1.165, 1.54) is 5.56 Å². The maximum absolute atomic E-state index is 12.3. The lowest BCUT2D eigenvalue weighted by Gasteiger charge is -2.32. The molecule has 0 aliphatic carbocycles. The van der Waals surface area contributed by atoms with Gasteiger partial charge in [0, 0.05) is 13.1 Å². The van der Waals surface area contributed by atoms with Crippen LogP contribution in [0.5, 0.6) is 5.75 Å². The van der Waals surface area contributed by atoms with Crippen molar-refractivity contribution in [3.63, 3.8) is 0 Å². The largest absolute Gasteiger partial charge is 0.494 e. The Labute approximate surface area is 181 Å². The molecule has 0 aromatic heterocycles. The third kappa shape index (κ3) is 8.23. The van der Waals surface area contributed by atoms with Crippen LogP contribution in [0.2, 0.25) is 0 Å². The minimum atomic E-state index is -0.568. The van der Waals surface area contributed by atoms with Gasteiger partial charge in [-0.15, -0.1) is 12.4 Å². The summed E-state index contributed by atoms with van der Waals surface area (Å²) in [5, 5.41) is 2.67. The molecule has 1 aliphatic rings. The summed E-state index contributed by atoms with van der Waals surface area (Å²) >= 11 is 0. The zero-order valence-corrected chi connectivity index (χ0v) is 18.7. The fraction of sp³-hybridized carbons (Fsp3) is 0.636. The lowest BCUT2D eigenvalue weighted by Crippen LogP contribution is -2.49. The monoisotopic (exact) mass is 425 g/mol. The first-order valence-electron chi connectivity index (χ1n) is 10.4. The second-order valence-corrected chi connectivity index (χ2v) is 7.93. The van der Waals surface area contributed by atoms with Crippen molar-refractivity contribution in [2.24, 2.45) is 17.6 Å². The molecule has 6 nitrogen and oxygen atoms in total. The van der Waals surface area contributed by atoms with Crippen LogP contribution in [0.25, 0.3) is 0 Å². The first kappa shape index (κ1) is 25.2. The quantitative estimate of drug-likeness (QED) is 0.637. The number of nitrogens with one attached hydrogen (secondary N) is 1. The number of likely N-dealkylation sites (tertiary alicyclic amines) is 1. The number of halogens is 1. The van der Waals surface area contributed by atoms with Crippen molar-refractivity contribution < 1.29 is 14.3 Å². The Bertz CT molecular complexity index is 629. The first-order valence-corrected chi connectivity index (χ1v) is 10.4. The molecule has 0 saturated carbocycles. The van der Waals surface area contributed by atoms with Gasteiger partial charge >= 0.3 is 0 Å². The molecule has 29 heavy (non-hydrogen) atoms. The highest BCUT2D eigenvalue weighted by atomic mass is 35.5. The van der Waals surface area contributed by atoms with Crippen LogP contribution in [0.4, 0.5) is 0 Å². The topological polar surface area (TPSA) is 84.7 Å². The first-order chi connectivity index (χ1) is 13.4. The van der Waals surface area contributed by atoms with Gasteiger partial charge in [-0.2, -0.15) is 0 Å². The summed E-state index contributed by atoms with van der Waals surface area (Å²) in [7, 11) is 0. The predicted molar refractivity (Wildman–Crippen MR) is 118 cm³/mol. The van der Waals surface area contributed by atoms with Gasteiger partial charge in [0.25, 0.3) is 0 Å². The average Bonchev–Trinajstić information content (AvgIpc) is 2.71. The molecule has 1 heterocycles. The van der Waals surface area contributed by atoms with E-state index in [0.29, 0.717) is 12.5 Å². The highest BCUT2D eigenvalue weighted by Gasteiger charge is 2.24. The van der Waals surface area contributed by atoms with Crippen molar-refractivity contribution in [1.82, 2.24) is 10.2 Å². The molecule has 0 radical (unpaired) electrons. The van der Waals surface area contributed by atoms with Crippen LogP contribution in [0, 0.1) is 11.8 Å². The van der Waals surface area contributed by atoms with E-state index < -0.39 is 6.04 Å². The second-order valence-electron chi connectivity index (χ2n) is 7.93. The molecule has 1 aliphatic heterocycles. The molecule has 164 valence electrons. The summed E-state index contributed by atoms with van der Waals surface area (Å²) in [5.74, 6) is 1.34. The summed E-state index contributed by atoms with van der Waals surface area (Å²) in [6.45, 7) is 8.02. The maximum Gasteiger partial charge on any atom is 0.241 e. The summed E-state index contributed by atoms with van der Waals surface area (Å²) in [5.41, 5.74) is 7.13. The number of carbonyl (C=O) groups excluding carboxylic acids is 2. The predicted octanol–water partition coefficient (Wildman–Crippen LogP) is 2.78. The summed E-state index contributed by atoms with van der Waals surface area (Å²) in [6.07, 6.45) is 4.22. The van der Waals surface area contributed by atoms with E-state index in [0.717, 1.165) is 44.5 Å². The number of hydrogen-bond donors (Lipinski definition) is 2. The normalized spacial score (nSPS) is 15.6. The van der Waals surface area contributed by atoms with Gasteiger partial charge in [0.05, 0.1) is 19.2 Å². The number of piperidine rings is 1. The summed E-state index contributed by atoms with van der Waals surface area (Å²) in [6, 6.07) is 7.75. The fourth-order valence-electron chi connectivity index (χ4n) is 3.46. The molecule has 0 unspecified atom stereocenters. The van der Waals surface area contributed by atoms with Crippen molar-refractivity contribution >= 4 is 24.2 Å². The Morgan fingerprint density at radius 3 is 2.38 bits per heavy atom. The van der Waals surface area contributed by atoms with Crippen molar-refractivity contribution in [1.29, 1.82) is 0 Å². The van der Waals surface area contributed by atoms with Gasteiger partial charge in [-0.25, -0.2) is 0 Å². The smallest absolute Gasteiger partial charge is 0.241 e. The third-order valence-corrected chi connectivity index (χ3v) is 5.48. The molecule has 7 heteroatoms. The third-order valence-electron chi connectivity index (χ3n) is 5.48. The highest BCUT2D eigenvalue weighted by molar-refractivity contribution is 5.87. The molecule has 3 N–H and O–H groups in total. The zero-order chi connectivity index (χ0) is 20.5. The standard InChI is InChI=1S/C22H35N3O3.ClH/c1-4-28-19-9-7-17(8-10-19)5-6-18-11-13-25(14-12-18)20(26)15-24-22(27)21(23)16(2)3;/h7-10,16,18,21H,4-6,11-15,23H2,1-3H3,(H,24,27);1H/t21-;/m0./s1. The van der Waals surface area contributed by atoms with E-state index in [2.05, 4.69) is 17.4 Å². The van der Waals surface area contributed by atoms with Gasteiger partial charge in [-0.3, -0.25) is 9.59 Å². The van der Waals surface area contributed by atoms with Crippen molar-refractivity contribution in [2.75, 3.05) is 26.2 Å². The number of nitrogens with zero attached hydrogens (tertiary/aromatic N) is 1. The molecule has 2 amide bonds. The Kier molecular flexibility index (Phi) is 11.1. The Balaban J connectivity index is 0.00000420. The number of rotatable bonds is 9. The van der Waals surface area contributed by atoms with Gasteiger partial charge in [0.2, 0.25) is 11.8 Å². The fourth-order valence-corrected chi connectivity index (χ4v) is 3.46. The lowest BCUT2D eigenvalue weighted by atomic mass is 9.90. The molecule has 1 saturated heterocycles. The van der Waals surface area contributed by atoms with Gasteiger partial charge in [-0.1, -0.05) is 26.0 Å². The minimum absolute atomic E-state index is 0. The number of hydrogen-bond acceptors (Lipinski definition) is 4. The Morgan fingerprint density at radius 1 is 1.21 bits per heavy atom. The van der Waals surface area contributed by atoms with Gasteiger partial charge < -0.3 is 20.7 Å². The molecule has 1 fully saturated rings. The van der Waals surface area contributed by atoms with E-state index in [1.54, 1.807) is 0 Å². The Hall–Kier alpha value is -1.79. The van der Waals surface area contributed by atoms with Crippen LogP contribution in [-0.2, 0) is 16.0 Å². The van der Waals surface area contributed by atoms with Gasteiger partial charge in [0.15, 0.2) is 0 Å². The Morgan fingerprint density at radius 2 is 1.83 bits per heavy atom. The number of aryl methyl sites for hydroxylation is 1. The lowest BCUT2D eigenvalue weighted by molar-refractivity contribution is -0.134. The van der Waals surface area contributed by atoms with Crippen molar-refractivity contribution in [2.45, 2.75) is 52.5 Å². The van der Waals surface area contributed by atoms with Gasteiger partial charge in [-0.05, 0) is 62.1 Å². The highest BCUT2D eigenvalue weighted by Crippen LogP contribution is 2.23. The molecule has 0 bridgehead atoms. The van der Waals surface area contributed by atoms with E-state index >= 15 is 0 Å². The molecule has 0 spiro atoms. The van der Waals surface area contributed by atoms with E-state index in [9.17, 15) is 9.59 Å². The van der Waals surface area contributed by atoms with E-state index in [-0.39, 0.29) is 36.7 Å².